The molecule has 0 N–H and O–H groups in total. The zero-order valence-corrected chi connectivity index (χ0v) is 19.3. The Morgan fingerprint density at radius 1 is 1.18 bits per heavy atom. The smallest absolute Gasteiger partial charge is 0.338 e. The minimum absolute atomic E-state index is 0.0829. The third-order valence-electron chi connectivity index (χ3n) is 6.15. The van der Waals surface area contributed by atoms with Crippen LogP contribution >= 0.6 is 11.3 Å². The Labute approximate surface area is 194 Å². The predicted molar refractivity (Wildman–Crippen MR) is 126 cm³/mol. The van der Waals surface area contributed by atoms with Gasteiger partial charge in [-0.1, -0.05) is 6.07 Å². The monoisotopic (exact) mass is 461 g/mol. The number of carbonyl (C=O) groups is 2. The van der Waals surface area contributed by atoms with Gasteiger partial charge in [-0.15, -0.1) is 11.3 Å². The number of carbonyl (C=O) groups excluding carboxylic acids is 2. The number of ether oxygens (including phenoxy) is 1. The molecular formula is C25H23N3O4S. The first-order valence-electron chi connectivity index (χ1n) is 10.9. The molecule has 0 atom stereocenters. The summed E-state index contributed by atoms with van der Waals surface area (Å²) < 4.78 is 9.10. The van der Waals surface area contributed by atoms with Gasteiger partial charge in [0.2, 0.25) is 5.78 Å². The summed E-state index contributed by atoms with van der Waals surface area (Å²) in [5.74, 6) is -0.116. The van der Waals surface area contributed by atoms with Crippen molar-refractivity contribution in [1.29, 1.82) is 0 Å². The average molecular weight is 462 g/mol. The largest absolute Gasteiger partial charge is 0.454 e. The molecule has 0 amide bonds. The number of benzene rings is 1. The lowest BCUT2D eigenvalue weighted by Gasteiger charge is -2.09. The molecule has 1 aromatic carbocycles. The quantitative estimate of drug-likeness (QED) is 0.321. The standard InChI is InChI=1S/C25H23N3O4S/c1-15-11-20(16(2)28(15)13-18-5-4-10-33-18)22(29)14-32-25(31)17-7-8-19-21(12-17)26-23-6-3-9-27(23)24(19)30/h4-5,7-8,10-12H,3,6,9,13-14H2,1-2H3. The van der Waals surface area contributed by atoms with Crippen LogP contribution in [-0.4, -0.2) is 32.5 Å². The Hall–Kier alpha value is -3.52. The number of Topliss-reactive ketones (excluding diaryl/α,β-unsaturated/α-hetero) is 1. The van der Waals surface area contributed by atoms with Crippen LogP contribution in [0.1, 0.15) is 49.2 Å². The lowest BCUT2D eigenvalue weighted by atomic mass is 10.1. The van der Waals surface area contributed by atoms with Crippen molar-refractivity contribution in [1.82, 2.24) is 14.1 Å². The SMILES string of the molecule is Cc1cc(C(=O)COC(=O)c2ccc3c(=O)n4c(nc3c2)CCC4)c(C)n1Cc1cccs1. The molecule has 8 heteroatoms. The van der Waals surface area contributed by atoms with Crippen molar-refractivity contribution < 1.29 is 14.3 Å². The maximum atomic E-state index is 12.8. The summed E-state index contributed by atoms with van der Waals surface area (Å²) in [6.45, 7) is 4.90. The van der Waals surface area contributed by atoms with Crippen molar-refractivity contribution in [3.63, 3.8) is 0 Å². The highest BCUT2D eigenvalue weighted by atomic mass is 32.1. The molecule has 4 aromatic rings. The molecule has 33 heavy (non-hydrogen) atoms. The summed E-state index contributed by atoms with van der Waals surface area (Å²) in [4.78, 5) is 43.8. The lowest BCUT2D eigenvalue weighted by molar-refractivity contribution is 0.0474. The highest BCUT2D eigenvalue weighted by molar-refractivity contribution is 7.09. The topological polar surface area (TPSA) is 83.2 Å². The Bertz CT molecular complexity index is 1450. The Balaban J connectivity index is 1.31. The summed E-state index contributed by atoms with van der Waals surface area (Å²) in [5.41, 5.74) is 3.06. The van der Waals surface area contributed by atoms with Gasteiger partial charge < -0.3 is 9.30 Å². The number of hydrogen-bond donors (Lipinski definition) is 0. The van der Waals surface area contributed by atoms with Crippen molar-refractivity contribution >= 4 is 34.0 Å². The summed E-state index contributed by atoms with van der Waals surface area (Å²) in [5, 5.41) is 2.51. The molecule has 0 saturated heterocycles. The molecular weight excluding hydrogens is 438 g/mol. The molecule has 0 fully saturated rings. The molecule has 168 valence electrons. The number of aromatic nitrogens is 3. The first-order chi connectivity index (χ1) is 15.9. The molecule has 1 aliphatic rings. The van der Waals surface area contributed by atoms with Crippen molar-refractivity contribution in [2.75, 3.05) is 6.61 Å². The van der Waals surface area contributed by atoms with E-state index >= 15 is 0 Å². The van der Waals surface area contributed by atoms with E-state index in [2.05, 4.69) is 15.6 Å². The van der Waals surface area contributed by atoms with Crippen molar-refractivity contribution in [3.05, 3.63) is 85.3 Å². The van der Waals surface area contributed by atoms with Crippen LogP contribution in [0.4, 0.5) is 0 Å². The van der Waals surface area contributed by atoms with Gasteiger partial charge in [0.05, 0.1) is 23.0 Å². The number of nitrogens with zero attached hydrogens (tertiary/aromatic N) is 3. The van der Waals surface area contributed by atoms with E-state index in [1.807, 2.05) is 31.4 Å². The Kier molecular flexibility index (Phi) is 5.46. The fourth-order valence-corrected chi connectivity index (χ4v) is 5.08. The number of aryl methyl sites for hydroxylation is 2. The first kappa shape index (κ1) is 21.3. The zero-order chi connectivity index (χ0) is 23.1. The van der Waals surface area contributed by atoms with Crippen LogP contribution in [0.25, 0.3) is 10.9 Å². The van der Waals surface area contributed by atoms with Gasteiger partial charge in [-0.3, -0.25) is 14.2 Å². The summed E-state index contributed by atoms with van der Waals surface area (Å²) in [6.07, 6.45) is 1.64. The van der Waals surface area contributed by atoms with E-state index in [-0.39, 0.29) is 23.5 Å². The molecule has 7 nitrogen and oxygen atoms in total. The number of thiophene rings is 1. The van der Waals surface area contributed by atoms with Crippen LogP contribution in [0, 0.1) is 13.8 Å². The molecule has 0 spiro atoms. The summed E-state index contributed by atoms with van der Waals surface area (Å²) in [7, 11) is 0. The van der Waals surface area contributed by atoms with Gasteiger partial charge in [0, 0.05) is 34.8 Å². The summed E-state index contributed by atoms with van der Waals surface area (Å²) in [6, 6.07) is 10.6. The molecule has 0 aliphatic carbocycles. The van der Waals surface area contributed by atoms with Crippen LogP contribution in [0.5, 0.6) is 0 Å². The minimum atomic E-state index is -0.611. The minimum Gasteiger partial charge on any atom is -0.454 e. The van der Waals surface area contributed by atoms with E-state index in [0.29, 0.717) is 29.6 Å². The third-order valence-corrected chi connectivity index (χ3v) is 7.02. The second kappa shape index (κ2) is 8.44. The molecule has 3 aromatic heterocycles. The van der Waals surface area contributed by atoms with Gasteiger partial charge in [0.1, 0.15) is 5.82 Å². The fraction of sp³-hybridized carbons (Fsp3) is 0.280. The molecule has 0 radical (unpaired) electrons. The second-order valence-electron chi connectivity index (χ2n) is 8.27. The number of ketones is 1. The first-order valence-corrected chi connectivity index (χ1v) is 11.7. The molecule has 1 aliphatic heterocycles. The van der Waals surface area contributed by atoms with E-state index < -0.39 is 5.97 Å². The van der Waals surface area contributed by atoms with Crippen molar-refractivity contribution in [2.45, 2.75) is 39.8 Å². The highest BCUT2D eigenvalue weighted by Gasteiger charge is 2.20. The molecule has 5 rings (SSSR count). The number of fused-ring (bicyclic) bond motifs is 2. The van der Waals surface area contributed by atoms with Gasteiger partial charge >= 0.3 is 5.97 Å². The van der Waals surface area contributed by atoms with E-state index in [0.717, 1.165) is 30.1 Å². The maximum absolute atomic E-state index is 12.8. The van der Waals surface area contributed by atoms with E-state index in [1.165, 1.54) is 4.88 Å². The van der Waals surface area contributed by atoms with Crippen LogP contribution < -0.4 is 5.56 Å². The maximum Gasteiger partial charge on any atom is 0.338 e. The predicted octanol–water partition coefficient (Wildman–Crippen LogP) is 3.91. The van der Waals surface area contributed by atoms with Crippen LogP contribution in [0.15, 0.2) is 46.6 Å². The normalized spacial score (nSPS) is 12.8. The zero-order valence-electron chi connectivity index (χ0n) is 18.5. The molecule has 0 saturated carbocycles. The average Bonchev–Trinajstić information content (AvgIpc) is 3.55. The van der Waals surface area contributed by atoms with Crippen molar-refractivity contribution in [2.24, 2.45) is 0 Å². The number of hydrogen-bond acceptors (Lipinski definition) is 6. The third kappa shape index (κ3) is 3.91. The molecule has 0 bridgehead atoms. The van der Waals surface area contributed by atoms with Gasteiger partial charge in [-0.2, -0.15) is 0 Å². The van der Waals surface area contributed by atoms with Crippen LogP contribution in [0.3, 0.4) is 0 Å². The molecule has 0 unspecified atom stereocenters. The Morgan fingerprint density at radius 2 is 2.03 bits per heavy atom. The number of rotatable bonds is 6. The second-order valence-corrected chi connectivity index (χ2v) is 9.30. The lowest BCUT2D eigenvalue weighted by Crippen LogP contribution is -2.21. The van der Waals surface area contributed by atoms with Gasteiger partial charge in [-0.25, -0.2) is 9.78 Å². The van der Waals surface area contributed by atoms with E-state index in [9.17, 15) is 14.4 Å². The van der Waals surface area contributed by atoms with Crippen LogP contribution in [0.2, 0.25) is 0 Å². The Morgan fingerprint density at radius 3 is 2.82 bits per heavy atom. The van der Waals surface area contributed by atoms with E-state index in [4.69, 9.17) is 4.74 Å². The van der Waals surface area contributed by atoms with Crippen LogP contribution in [-0.2, 0) is 24.2 Å². The highest BCUT2D eigenvalue weighted by Crippen LogP contribution is 2.21. The van der Waals surface area contributed by atoms with Gasteiger partial charge in [-0.05, 0) is 56.0 Å². The van der Waals surface area contributed by atoms with E-state index in [1.54, 1.807) is 34.1 Å². The van der Waals surface area contributed by atoms with Crippen molar-refractivity contribution in [3.8, 4) is 0 Å². The fourth-order valence-electron chi connectivity index (χ4n) is 4.39. The summed E-state index contributed by atoms with van der Waals surface area (Å²) >= 11 is 1.67. The van der Waals surface area contributed by atoms with Gasteiger partial charge in [0.25, 0.3) is 5.56 Å². The van der Waals surface area contributed by atoms with Gasteiger partial charge in [0.15, 0.2) is 6.61 Å². The number of esters is 1. The molecule has 4 heterocycles.